The highest BCUT2D eigenvalue weighted by molar-refractivity contribution is 9.10. The quantitative estimate of drug-likeness (QED) is 0.769. The maximum absolute atomic E-state index is 6.33. The van der Waals surface area contributed by atoms with Crippen molar-refractivity contribution in [3.63, 3.8) is 0 Å². The molecule has 0 saturated heterocycles. The molecule has 0 aromatic heterocycles. The molecule has 20 heavy (non-hydrogen) atoms. The van der Waals surface area contributed by atoms with Gasteiger partial charge in [-0.15, -0.1) is 0 Å². The predicted octanol–water partition coefficient (Wildman–Crippen LogP) is 5.30. The number of rotatable bonds is 5. The molecule has 2 aromatic rings. The average Bonchev–Trinajstić information content (AvgIpc) is 2.41. The zero-order chi connectivity index (χ0) is 14.5. The minimum Gasteiger partial charge on any atom is -0.310 e. The van der Waals surface area contributed by atoms with Crippen LogP contribution < -0.4 is 5.32 Å². The smallest absolute Gasteiger partial charge is 0.0449 e. The Bertz CT molecular complexity index is 583. The van der Waals surface area contributed by atoms with Crippen molar-refractivity contribution < 1.29 is 0 Å². The van der Waals surface area contributed by atoms with Crippen molar-refractivity contribution in [2.45, 2.75) is 26.3 Å². The molecule has 106 valence electrons. The normalized spacial score (nSPS) is 12.4. The fraction of sp³-hybridized carbons (Fsp3) is 0.294. The second-order valence-electron chi connectivity index (χ2n) is 4.96. The van der Waals surface area contributed by atoms with Crippen molar-refractivity contribution in [1.82, 2.24) is 5.32 Å². The third-order valence-electron chi connectivity index (χ3n) is 3.33. The Hall–Kier alpha value is -0.830. The zero-order valence-corrected chi connectivity index (χ0v) is 14.1. The fourth-order valence-electron chi connectivity index (χ4n) is 2.35. The molecule has 0 heterocycles. The molecule has 1 atom stereocenters. The van der Waals surface area contributed by atoms with E-state index in [9.17, 15) is 0 Å². The summed E-state index contributed by atoms with van der Waals surface area (Å²) in [5.41, 5.74) is 3.76. The second-order valence-corrected chi connectivity index (χ2v) is 6.29. The van der Waals surface area contributed by atoms with Gasteiger partial charge in [-0.2, -0.15) is 0 Å². The first kappa shape index (κ1) is 15.6. The van der Waals surface area contributed by atoms with E-state index in [0.717, 1.165) is 22.5 Å². The van der Waals surface area contributed by atoms with E-state index in [2.05, 4.69) is 65.4 Å². The summed E-state index contributed by atoms with van der Waals surface area (Å²) in [6, 6.07) is 15.0. The van der Waals surface area contributed by atoms with Crippen LogP contribution in [0.25, 0.3) is 0 Å². The molecule has 0 saturated carbocycles. The van der Waals surface area contributed by atoms with E-state index in [4.69, 9.17) is 11.6 Å². The molecule has 1 N–H and O–H groups in total. The average molecular weight is 353 g/mol. The van der Waals surface area contributed by atoms with Crippen molar-refractivity contribution in [2.24, 2.45) is 0 Å². The lowest BCUT2D eigenvalue weighted by Crippen LogP contribution is -2.23. The van der Waals surface area contributed by atoms with Gasteiger partial charge in [-0.3, -0.25) is 0 Å². The number of hydrogen-bond acceptors (Lipinski definition) is 1. The van der Waals surface area contributed by atoms with Crippen LogP contribution >= 0.6 is 27.5 Å². The standard InChI is InChI=1S/C17H19BrClN/c1-3-20-17(14-6-4-5-12(2)9-14)10-13-7-8-15(18)11-16(13)19/h4-9,11,17,20H,3,10H2,1-2H3. The van der Waals surface area contributed by atoms with Gasteiger partial charge in [0.25, 0.3) is 0 Å². The maximum Gasteiger partial charge on any atom is 0.0449 e. The molecule has 2 rings (SSSR count). The van der Waals surface area contributed by atoms with E-state index in [-0.39, 0.29) is 0 Å². The van der Waals surface area contributed by atoms with Gasteiger partial charge in [0.1, 0.15) is 0 Å². The summed E-state index contributed by atoms with van der Waals surface area (Å²) >= 11 is 9.78. The number of nitrogens with one attached hydrogen (secondary N) is 1. The Kier molecular flexibility index (Phi) is 5.64. The SMILES string of the molecule is CCNC(Cc1ccc(Br)cc1Cl)c1cccc(C)c1. The second kappa shape index (κ2) is 7.26. The van der Waals surface area contributed by atoms with Gasteiger partial charge in [0, 0.05) is 15.5 Å². The third-order valence-corrected chi connectivity index (χ3v) is 4.18. The molecule has 0 fully saturated rings. The van der Waals surface area contributed by atoms with E-state index in [0.29, 0.717) is 6.04 Å². The molecule has 2 aromatic carbocycles. The predicted molar refractivity (Wildman–Crippen MR) is 90.5 cm³/mol. The molecule has 3 heteroatoms. The van der Waals surface area contributed by atoms with Crippen LogP contribution in [-0.2, 0) is 6.42 Å². The van der Waals surface area contributed by atoms with Crippen LogP contribution in [0.3, 0.4) is 0 Å². The Labute approximate surface area is 134 Å². The lowest BCUT2D eigenvalue weighted by atomic mass is 9.97. The Morgan fingerprint density at radius 3 is 2.65 bits per heavy atom. The van der Waals surface area contributed by atoms with E-state index in [1.165, 1.54) is 16.7 Å². The highest BCUT2D eigenvalue weighted by Crippen LogP contribution is 2.26. The highest BCUT2D eigenvalue weighted by Gasteiger charge is 2.13. The van der Waals surface area contributed by atoms with Crippen molar-refractivity contribution in [1.29, 1.82) is 0 Å². The summed E-state index contributed by atoms with van der Waals surface area (Å²) in [4.78, 5) is 0. The molecule has 0 spiro atoms. The molecule has 1 nitrogen and oxygen atoms in total. The van der Waals surface area contributed by atoms with Crippen molar-refractivity contribution in [3.05, 3.63) is 68.7 Å². The first-order chi connectivity index (χ1) is 9.60. The molecule has 0 bridgehead atoms. The number of hydrogen-bond donors (Lipinski definition) is 1. The summed E-state index contributed by atoms with van der Waals surface area (Å²) in [6.07, 6.45) is 0.892. The van der Waals surface area contributed by atoms with Crippen molar-refractivity contribution in [3.8, 4) is 0 Å². The maximum atomic E-state index is 6.33. The summed E-state index contributed by atoms with van der Waals surface area (Å²) in [6.45, 7) is 5.19. The molecular formula is C17H19BrClN. The van der Waals surface area contributed by atoms with Crippen LogP contribution in [0.5, 0.6) is 0 Å². The fourth-order valence-corrected chi connectivity index (χ4v) is 3.10. The van der Waals surface area contributed by atoms with Gasteiger partial charge < -0.3 is 5.32 Å². The molecule has 1 unspecified atom stereocenters. The monoisotopic (exact) mass is 351 g/mol. The van der Waals surface area contributed by atoms with Gasteiger partial charge in [-0.05, 0) is 43.1 Å². The van der Waals surface area contributed by atoms with Crippen LogP contribution in [0.2, 0.25) is 5.02 Å². The summed E-state index contributed by atoms with van der Waals surface area (Å²) in [7, 11) is 0. The highest BCUT2D eigenvalue weighted by atomic mass is 79.9. The van der Waals surface area contributed by atoms with Gasteiger partial charge in [0.05, 0.1) is 0 Å². The van der Waals surface area contributed by atoms with Crippen LogP contribution in [0.15, 0.2) is 46.9 Å². The molecule has 0 aliphatic rings. The van der Waals surface area contributed by atoms with Gasteiger partial charge in [-0.25, -0.2) is 0 Å². The first-order valence-corrected chi connectivity index (χ1v) is 8.01. The molecule has 0 amide bonds. The molecular weight excluding hydrogens is 334 g/mol. The van der Waals surface area contributed by atoms with E-state index in [1.54, 1.807) is 0 Å². The van der Waals surface area contributed by atoms with Crippen LogP contribution in [0.4, 0.5) is 0 Å². The van der Waals surface area contributed by atoms with Crippen molar-refractivity contribution in [2.75, 3.05) is 6.54 Å². The zero-order valence-electron chi connectivity index (χ0n) is 11.8. The Morgan fingerprint density at radius 1 is 1.20 bits per heavy atom. The lowest BCUT2D eigenvalue weighted by Gasteiger charge is -2.20. The van der Waals surface area contributed by atoms with Crippen molar-refractivity contribution >= 4 is 27.5 Å². The van der Waals surface area contributed by atoms with Gasteiger partial charge in [0.2, 0.25) is 0 Å². The van der Waals surface area contributed by atoms with Gasteiger partial charge >= 0.3 is 0 Å². The number of aryl methyl sites for hydroxylation is 1. The minimum absolute atomic E-state index is 0.290. The van der Waals surface area contributed by atoms with Crippen LogP contribution in [-0.4, -0.2) is 6.54 Å². The lowest BCUT2D eigenvalue weighted by molar-refractivity contribution is 0.549. The van der Waals surface area contributed by atoms with E-state index >= 15 is 0 Å². The third kappa shape index (κ3) is 4.08. The summed E-state index contributed by atoms with van der Waals surface area (Å²) in [5.74, 6) is 0. The topological polar surface area (TPSA) is 12.0 Å². The largest absolute Gasteiger partial charge is 0.310 e. The van der Waals surface area contributed by atoms with E-state index < -0.39 is 0 Å². The Balaban J connectivity index is 2.25. The minimum atomic E-state index is 0.290. The number of likely N-dealkylation sites (N-methyl/N-ethyl adjacent to an activating group) is 1. The molecule has 0 aliphatic carbocycles. The number of benzene rings is 2. The molecule has 0 radical (unpaired) electrons. The van der Waals surface area contributed by atoms with Gasteiger partial charge in [-0.1, -0.05) is 70.3 Å². The van der Waals surface area contributed by atoms with Crippen LogP contribution in [0.1, 0.15) is 29.7 Å². The summed E-state index contributed by atoms with van der Waals surface area (Å²) in [5, 5.41) is 4.36. The Morgan fingerprint density at radius 2 is 2.00 bits per heavy atom. The van der Waals surface area contributed by atoms with Crippen LogP contribution in [0, 0.1) is 6.92 Å². The molecule has 0 aliphatic heterocycles. The first-order valence-electron chi connectivity index (χ1n) is 6.84. The van der Waals surface area contributed by atoms with E-state index in [1.807, 2.05) is 12.1 Å². The number of halogens is 2. The van der Waals surface area contributed by atoms with Gasteiger partial charge in [0.15, 0.2) is 0 Å². The summed E-state index contributed by atoms with van der Waals surface area (Å²) < 4.78 is 1.02.